The molecule has 1 aromatic rings. The number of sulfonamides is 1. The molecule has 0 bridgehead atoms. The SMILES string of the molecule is CCN(CC)S(=O)(=O)c1ccc(NC(=O)COC(=O)C(C)N2C(=O)C3CCCCC3C2=O)cc1. The molecule has 3 atom stereocenters. The number of hydrogen-bond donors (Lipinski definition) is 1. The Bertz CT molecular complexity index is 1030. The van der Waals surface area contributed by atoms with Crippen LogP contribution in [0.25, 0.3) is 0 Å². The zero-order valence-electron chi connectivity index (χ0n) is 19.7. The summed E-state index contributed by atoms with van der Waals surface area (Å²) in [7, 11) is -3.61. The number of anilines is 1. The van der Waals surface area contributed by atoms with E-state index in [4.69, 9.17) is 4.74 Å². The highest BCUT2D eigenvalue weighted by molar-refractivity contribution is 7.89. The van der Waals surface area contributed by atoms with Gasteiger partial charge < -0.3 is 10.1 Å². The maximum Gasteiger partial charge on any atom is 0.329 e. The third-order valence-electron chi connectivity index (χ3n) is 6.43. The number of ether oxygens (including phenoxy) is 1. The Morgan fingerprint density at radius 3 is 2.09 bits per heavy atom. The highest BCUT2D eigenvalue weighted by atomic mass is 32.2. The quantitative estimate of drug-likeness (QED) is 0.410. The lowest BCUT2D eigenvalue weighted by atomic mass is 9.81. The van der Waals surface area contributed by atoms with E-state index in [0.29, 0.717) is 31.6 Å². The molecule has 10 nitrogen and oxygen atoms in total. The number of amides is 3. The van der Waals surface area contributed by atoms with Crippen molar-refractivity contribution in [3.63, 3.8) is 0 Å². The Morgan fingerprint density at radius 1 is 1.06 bits per heavy atom. The summed E-state index contributed by atoms with van der Waals surface area (Å²) in [5, 5.41) is 2.53. The molecular weight excluding hydrogens is 462 g/mol. The largest absolute Gasteiger partial charge is 0.454 e. The van der Waals surface area contributed by atoms with Gasteiger partial charge >= 0.3 is 5.97 Å². The molecule has 11 heteroatoms. The van der Waals surface area contributed by atoms with Crippen LogP contribution < -0.4 is 5.32 Å². The summed E-state index contributed by atoms with van der Waals surface area (Å²) in [6.45, 7) is 5.00. The van der Waals surface area contributed by atoms with Gasteiger partial charge in [-0.25, -0.2) is 13.2 Å². The second-order valence-corrected chi connectivity index (χ2v) is 10.4. The predicted octanol–water partition coefficient (Wildman–Crippen LogP) is 1.76. The van der Waals surface area contributed by atoms with Gasteiger partial charge in [0.1, 0.15) is 6.04 Å². The van der Waals surface area contributed by atoms with Crippen LogP contribution in [0.15, 0.2) is 29.2 Å². The molecule has 2 fully saturated rings. The minimum Gasteiger partial charge on any atom is -0.454 e. The first kappa shape index (κ1) is 25.8. The Kier molecular flexibility index (Phi) is 8.09. The van der Waals surface area contributed by atoms with Gasteiger partial charge in [-0.2, -0.15) is 4.31 Å². The van der Waals surface area contributed by atoms with E-state index in [-0.39, 0.29) is 28.5 Å². The molecule has 186 valence electrons. The van der Waals surface area contributed by atoms with Crippen molar-refractivity contribution in [1.82, 2.24) is 9.21 Å². The molecule has 1 saturated carbocycles. The average molecular weight is 494 g/mol. The van der Waals surface area contributed by atoms with Crippen LogP contribution in [0.4, 0.5) is 5.69 Å². The highest BCUT2D eigenvalue weighted by Crippen LogP contribution is 2.38. The van der Waals surface area contributed by atoms with E-state index in [1.165, 1.54) is 35.5 Å². The smallest absolute Gasteiger partial charge is 0.329 e. The highest BCUT2D eigenvalue weighted by Gasteiger charge is 2.51. The van der Waals surface area contributed by atoms with Crippen molar-refractivity contribution >= 4 is 39.4 Å². The molecule has 1 aromatic carbocycles. The molecule has 3 unspecified atom stereocenters. The number of benzene rings is 1. The topological polar surface area (TPSA) is 130 Å². The molecule has 1 N–H and O–H groups in total. The van der Waals surface area contributed by atoms with Gasteiger partial charge in [0.25, 0.3) is 5.91 Å². The zero-order chi connectivity index (χ0) is 25.0. The number of esters is 1. The van der Waals surface area contributed by atoms with Crippen molar-refractivity contribution in [3.05, 3.63) is 24.3 Å². The van der Waals surface area contributed by atoms with Crippen LogP contribution >= 0.6 is 0 Å². The second-order valence-electron chi connectivity index (χ2n) is 8.49. The van der Waals surface area contributed by atoms with Crippen molar-refractivity contribution in [3.8, 4) is 0 Å². The molecule has 0 aromatic heterocycles. The van der Waals surface area contributed by atoms with Crippen molar-refractivity contribution in [1.29, 1.82) is 0 Å². The first-order valence-electron chi connectivity index (χ1n) is 11.5. The summed E-state index contributed by atoms with van der Waals surface area (Å²) in [4.78, 5) is 51.0. The van der Waals surface area contributed by atoms with Crippen LogP contribution in [0.5, 0.6) is 0 Å². The number of rotatable bonds is 9. The van der Waals surface area contributed by atoms with Gasteiger partial charge in [-0.15, -0.1) is 0 Å². The van der Waals surface area contributed by atoms with E-state index in [1.807, 2.05) is 0 Å². The number of likely N-dealkylation sites (tertiary alicyclic amines) is 1. The molecular formula is C23H31N3O7S. The molecule has 1 aliphatic carbocycles. The predicted molar refractivity (Wildman–Crippen MR) is 123 cm³/mol. The molecule has 1 saturated heterocycles. The molecule has 1 heterocycles. The molecule has 3 rings (SSSR count). The van der Waals surface area contributed by atoms with Crippen LogP contribution in [0.3, 0.4) is 0 Å². The summed E-state index contributed by atoms with van der Waals surface area (Å²) in [6.07, 6.45) is 3.06. The van der Waals surface area contributed by atoms with Crippen LogP contribution in [0.2, 0.25) is 0 Å². The average Bonchev–Trinajstić information content (AvgIpc) is 3.08. The number of fused-ring (bicyclic) bond motifs is 1. The van der Waals surface area contributed by atoms with E-state index in [9.17, 15) is 27.6 Å². The summed E-state index contributed by atoms with van der Waals surface area (Å²) in [5.74, 6) is -2.89. The van der Waals surface area contributed by atoms with Crippen molar-refractivity contribution < 1.29 is 32.3 Å². The van der Waals surface area contributed by atoms with E-state index < -0.39 is 34.5 Å². The molecule has 34 heavy (non-hydrogen) atoms. The molecule has 2 aliphatic rings. The van der Waals surface area contributed by atoms with Gasteiger partial charge in [0, 0.05) is 18.8 Å². The molecule has 1 aliphatic heterocycles. The third-order valence-corrected chi connectivity index (χ3v) is 8.49. The maximum absolute atomic E-state index is 12.6. The number of hydrogen-bond acceptors (Lipinski definition) is 7. The minimum absolute atomic E-state index is 0.106. The summed E-state index contributed by atoms with van der Waals surface area (Å²) >= 11 is 0. The first-order valence-corrected chi connectivity index (χ1v) is 13.0. The van der Waals surface area contributed by atoms with Crippen LogP contribution in [-0.2, 0) is 33.9 Å². The zero-order valence-corrected chi connectivity index (χ0v) is 20.5. The van der Waals surface area contributed by atoms with E-state index in [2.05, 4.69) is 5.32 Å². The van der Waals surface area contributed by atoms with Crippen molar-refractivity contribution in [2.45, 2.75) is 57.4 Å². The van der Waals surface area contributed by atoms with Gasteiger partial charge in [0.05, 0.1) is 16.7 Å². The first-order chi connectivity index (χ1) is 16.1. The lowest BCUT2D eigenvalue weighted by Gasteiger charge is -2.21. The summed E-state index contributed by atoms with van der Waals surface area (Å²) in [5.41, 5.74) is 0.335. The molecule has 0 radical (unpaired) electrons. The monoisotopic (exact) mass is 493 g/mol. The fourth-order valence-electron chi connectivity index (χ4n) is 4.55. The van der Waals surface area contributed by atoms with Crippen molar-refractivity contribution in [2.24, 2.45) is 11.8 Å². The van der Waals surface area contributed by atoms with Crippen LogP contribution in [0, 0.1) is 11.8 Å². The Morgan fingerprint density at radius 2 is 1.59 bits per heavy atom. The van der Waals surface area contributed by atoms with Gasteiger partial charge in [0.2, 0.25) is 21.8 Å². The number of nitrogens with one attached hydrogen (secondary N) is 1. The van der Waals surface area contributed by atoms with E-state index >= 15 is 0 Å². The Balaban J connectivity index is 1.54. The van der Waals surface area contributed by atoms with Gasteiger partial charge in [-0.3, -0.25) is 19.3 Å². The Labute approximate surface area is 199 Å². The standard InChI is InChI=1S/C23H31N3O7S/c1-4-25(5-2)34(31,32)17-12-10-16(11-13-17)24-20(27)14-33-23(30)15(3)26-21(28)18-8-6-7-9-19(18)22(26)29/h10-13,15,18-19H,4-9,14H2,1-3H3,(H,24,27). The lowest BCUT2D eigenvalue weighted by Crippen LogP contribution is -2.45. The Hall–Kier alpha value is -2.79. The number of carbonyl (C=O) groups is 4. The number of nitrogens with zero attached hydrogens (tertiary/aromatic N) is 2. The number of carbonyl (C=O) groups excluding carboxylic acids is 4. The lowest BCUT2D eigenvalue weighted by molar-refractivity contribution is -0.159. The summed E-state index contributed by atoms with van der Waals surface area (Å²) in [6, 6.07) is 4.57. The second kappa shape index (κ2) is 10.6. The number of imide groups is 1. The summed E-state index contributed by atoms with van der Waals surface area (Å²) < 4.78 is 31.4. The van der Waals surface area contributed by atoms with Crippen molar-refractivity contribution in [2.75, 3.05) is 25.0 Å². The van der Waals surface area contributed by atoms with Gasteiger partial charge in [-0.05, 0) is 44.0 Å². The molecule has 0 spiro atoms. The maximum atomic E-state index is 12.6. The normalized spacial score (nSPS) is 21.4. The van der Waals surface area contributed by atoms with Gasteiger partial charge in [-0.1, -0.05) is 26.7 Å². The minimum atomic E-state index is -3.61. The fourth-order valence-corrected chi connectivity index (χ4v) is 6.01. The van der Waals surface area contributed by atoms with Gasteiger partial charge in [0.15, 0.2) is 6.61 Å². The van der Waals surface area contributed by atoms with Crippen LogP contribution in [-0.4, -0.2) is 67.1 Å². The van der Waals surface area contributed by atoms with Crippen LogP contribution in [0.1, 0.15) is 46.5 Å². The van der Waals surface area contributed by atoms with E-state index in [1.54, 1.807) is 13.8 Å². The molecule has 3 amide bonds. The fraction of sp³-hybridized carbons (Fsp3) is 0.565. The van der Waals surface area contributed by atoms with E-state index in [0.717, 1.165) is 17.7 Å². The third kappa shape index (κ3) is 5.15.